The molecule has 1 aliphatic rings. The molecular formula is C30H39N5O5S3. The molecule has 232 valence electrons. The summed E-state index contributed by atoms with van der Waals surface area (Å²) < 4.78 is 5.47. The number of nitrogens with two attached hydrogens (primary N) is 1. The van der Waals surface area contributed by atoms with E-state index >= 15 is 0 Å². The molecule has 43 heavy (non-hydrogen) atoms. The Bertz CT molecular complexity index is 1330. The minimum absolute atomic E-state index is 0.0580. The van der Waals surface area contributed by atoms with Crippen LogP contribution in [0.5, 0.6) is 0 Å². The van der Waals surface area contributed by atoms with Gasteiger partial charge in [-0.3, -0.25) is 24.7 Å². The van der Waals surface area contributed by atoms with E-state index in [1.165, 1.54) is 36.5 Å². The number of nitrogens with zero attached hydrogens (tertiary/aromatic N) is 3. The van der Waals surface area contributed by atoms with E-state index in [4.69, 9.17) is 15.5 Å². The van der Waals surface area contributed by atoms with Gasteiger partial charge in [0.15, 0.2) is 11.8 Å². The van der Waals surface area contributed by atoms with Crippen molar-refractivity contribution in [3.63, 3.8) is 0 Å². The summed E-state index contributed by atoms with van der Waals surface area (Å²) in [5.41, 5.74) is 6.44. The Kier molecular flexibility index (Phi) is 13.1. The van der Waals surface area contributed by atoms with Crippen molar-refractivity contribution in [2.24, 2.45) is 10.7 Å². The molecule has 3 atom stereocenters. The molecule has 0 aromatic heterocycles. The fourth-order valence-electron chi connectivity index (χ4n) is 4.76. The number of hydrogen-bond acceptors (Lipinski definition) is 11. The summed E-state index contributed by atoms with van der Waals surface area (Å²) in [6.07, 6.45) is 1.99. The monoisotopic (exact) mass is 645 g/mol. The highest BCUT2D eigenvalue weighted by molar-refractivity contribution is 8.76. The van der Waals surface area contributed by atoms with Crippen LogP contribution in [0.1, 0.15) is 38.3 Å². The number of carbonyl (C=O) groups is 4. The number of nitrogens with one attached hydrogen (secondary N) is 1. The van der Waals surface area contributed by atoms with Gasteiger partial charge in [-0.05, 0) is 32.0 Å². The number of fused-ring (bicyclic) bond motifs is 1. The number of rotatable bonds is 15. The van der Waals surface area contributed by atoms with E-state index in [-0.39, 0.29) is 24.5 Å². The standard InChI is InChI=1S/C30H39N5O5S3/c1-6-40-29(39)30(32-4,17-18-41-5)35(20(3)36)34-24-16-12-11-15-22(24)25(21-13-9-8-10-14-21)33-26(28(34)38)27(37)23(31)19-43-42-7-2/h8-16,23,26,32H,6-7,17-19,31H2,1-5H3/t23?,26?,30-/m0/s1. The number of para-hydroxylation sites is 1. The van der Waals surface area contributed by atoms with Crippen molar-refractivity contribution in [1.29, 1.82) is 0 Å². The number of ether oxygens (including phenoxy) is 1. The Balaban J connectivity index is 2.33. The molecule has 0 bridgehead atoms. The molecule has 0 saturated heterocycles. The third kappa shape index (κ3) is 7.63. The summed E-state index contributed by atoms with van der Waals surface area (Å²) >= 11 is 1.48. The molecule has 13 heteroatoms. The fourth-order valence-corrected chi connectivity index (χ4v) is 7.06. The average molecular weight is 646 g/mol. The number of esters is 1. The van der Waals surface area contributed by atoms with Crippen LogP contribution < -0.4 is 16.1 Å². The van der Waals surface area contributed by atoms with Gasteiger partial charge in [-0.15, -0.1) is 0 Å². The lowest BCUT2D eigenvalue weighted by molar-refractivity contribution is -0.168. The number of Topliss-reactive ketones (excluding diaryl/α,β-unsaturated/α-hetero) is 1. The molecule has 1 heterocycles. The predicted octanol–water partition coefficient (Wildman–Crippen LogP) is 3.53. The molecule has 3 N–H and O–H groups in total. The third-order valence-corrected chi connectivity index (χ3v) is 9.90. The zero-order valence-corrected chi connectivity index (χ0v) is 27.5. The Labute approximate surface area is 265 Å². The van der Waals surface area contributed by atoms with Gasteiger partial charge in [0.1, 0.15) is 0 Å². The number of carbonyl (C=O) groups excluding carboxylic acids is 4. The summed E-state index contributed by atoms with van der Waals surface area (Å²) in [6.45, 7) is 4.99. The van der Waals surface area contributed by atoms with Crippen LogP contribution in [0.4, 0.5) is 5.69 Å². The molecule has 3 rings (SSSR count). The number of hydrogen-bond donors (Lipinski definition) is 2. The number of benzodiazepines with no additional fused rings is 1. The maximum atomic E-state index is 14.7. The van der Waals surface area contributed by atoms with Crippen LogP contribution >= 0.6 is 33.3 Å². The van der Waals surface area contributed by atoms with E-state index < -0.39 is 41.3 Å². The lowest BCUT2D eigenvalue weighted by Gasteiger charge is -2.46. The lowest BCUT2D eigenvalue weighted by Crippen LogP contribution is -2.72. The van der Waals surface area contributed by atoms with Crippen molar-refractivity contribution in [1.82, 2.24) is 10.3 Å². The summed E-state index contributed by atoms with van der Waals surface area (Å²) in [5, 5.41) is 5.20. The number of hydrazine groups is 1. The second-order valence-electron chi connectivity index (χ2n) is 9.52. The van der Waals surface area contributed by atoms with Crippen molar-refractivity contribution < 1.29 is 23.9 Å². The van der Waals surface area contributed by atoms with Gasteiger partial charge in [-0.25, -0.2) is 14.8 Å². The first-order valence-electron chi connectivity index (χ1n) is 13.9. The van der Waals surface area contributed by atoms with Gasteiger partial charge in [-0.1, -0.05) is 77.0 Å². The maximum absolute atomic E-state index is 14.7. The molecule has 1 aliphatic heterocycles. The molecule has 0 radical (unpaired) electrons. The first-order chi connectivity index (χ1) is 20.7. The smallest absolute Gasteiger partial charge is 0.349 e. The number of amides is 2. The van der Waals surface area contributed by atoms with Gasteiger partial charge in [0.2, 0.25) is 11.6 Å². The molecule has 0 saturated carbocycles. The molecule has 10 nitrogen and oxygen atoms in total. The predicted molar refractivity (Wildman–Crippen MR) is 177 cm³/mol. The van der Waals surface area contributed by atoms with E-state index in [0.717, 1.165) is 15.8 Å². The maximum Gasteiger partial charge on any atom is 0.349 e. The zero-order valence-electron chi connectivity index (χ0n) is 25.1. The lowest BCUT2D eigenvalue weighted by atomic mass is 10.00. The Morgan fingerprint density at radius 3 is 2.40 bits per heavy atom. The average Bonchev–Trinajstić information content (AvgIpc) is 3.13. The van der Waals surface area contributed by atoms with Gasteiger partial charge >= 0.3 is 5.97 Å². The van der Waals surface area contributed by atoms with Crippen molar-refractivity contribution in [3.8, 4) is 0 Å². The molecule has 2 aromatic rings. The summed E-state index contributed by atoms with van der Waals surface area (Å²) in [4.78, 5) is 60.7. The second-order valence-corrected chi connectivity index (χ2v) is 13.3. The second kappa shape index (κ2) is 16.3. The summed E-state index contributed by atoms with van der Waals surface area (Å²) in [6, 6.07) is 13.6. The Hall–Kier alpha value is -2.84. The van der Waals surface area contributed by atoms with Crippen LogP contribution in [-0.2, 0) is 23.9 Å². The van der Waals surface area contributed by atoms with E-state index in [9.17, 15) is 19.2 Å². The van der Waals surface area contributed by atoms with E-state index in [1.54, 1.807) is 42.0 Å². The number of benzene rings is 2. The molecule has 0 fully saturated rings. The quantitative estimate of drug-likeness (QED) is 0.0974. The number of ketones is 1. The fraction of sp³-hybridized carbons (Fsp3) is 0.433. The first-order valence-corrected chi connectivity index (χ1v) is 17.8. The van der Waals surface area contributed by atoms with Crippen molar-refractivity contribution in [2.75, 3.05) is 42.2 Å². The Morgan fingerprint density at radius 2 is 1.79 bits per heavy atom. The van der Waals surface area contributed by atoms with Crippen LogP contribution in [0.2, 0.25) is 0 Å². The van der Waals surface area contributed by atoms with Gasteiger partial charge in [-0.2, -0.15) is 11.8 Å². The summed E-state index contributed by atoms with van der Waals surface area (Å²) in [5.74, 6) is -1.16. The van der Waals surface area contributed by atoms with Crippen LogP contribution in [0.3, 0.4) is 0 Å². The zero-order chi connectivity index (χ0) is 31.6. The minimum atomic E-state index is -1.77. The van der Waals surface area contributed by atoms with Crippen molar-refractivity contribution >= 4 is 68.3 Å². The van der Waals surface area contributed by atoms with Gasteiger partial charge < -0.3 is 10.5 Å². The summed E-state index contributed by atoms with van der Waals surface area (Å²) in [7, 11) is 4.54. The number of anilines is 1. The minimum Gasteiger partial charge on any atom is -0.463 e. The molecule has 2 amide bonds. The van der Waals surface area contributed by atoms with E-state index in [1.807, 2.05) is 43.5 Å². The molecular weight excluding hydrogens is 607 g/mol. The van der Waals surface area contributed by atoms with Crippen LogP contribution in [-0.4, -0.2) is 89.2 Å². The van der Waals surface area contributed by atoms with Gasteiger partial charge in [0.25, 0.3) is 5.91 Å². The van der Waals surface area contributed by atoms with Gasteiger partial charge in [0, 0.05) is 36.0 Å². The highest BCUT2D eigenvalue weighted by atomic mass is 33.1. The third-order valence-electron chi connectivity index (χ3n) is 6.77. The van der Waals surface area contributed by atoms with Crippen LogP contribution in [0.25, 0.3) is 0 Å². The van der Waals surface area contributed by atoms with Gasteiger partial charge in [0.05, 0.1) is 24.0 Å². The number of aliphatic imine (C=N–C) groups is 1. The number of likely N-dealkylation sites (N-methyl/N-ethyl adjacent to an activating group) is 1. The molecule has 2 unspecified atom stereocenters. The largest absolute Gasteiger partial charge is 0.463 e. The first kappa shape index (κ1) is 34.6. The SMILES string of the molecule is CCOC(=O)[C@@](CCSC)(NC)N(C(C)=O)N1C(=O)C(C(=O)C(N)CSSCC)N=C(c2ccccc2)c2ccccc21. The molecule has 0 spiro atoms. The van der Waals surface area contributed by atoms with Crippen LogP contribution in [0.15, 0.2) is 59.6 Å². The topological polar surface area (TPSA) is 134 Å². The van der Waals surface area contributed by atoms with Crippen LogP contribution in [0, 0.1) is 0 Å². The Morgan fingerprint density at radius 1 is 1.12 bits per heavy atom. The molecule has 2 aromatic carbocycles. The normalized spacial score (nSPS) is 16.8. The highest BCUT2D eigenvalue weighted by Crippen LogP contribution is 2.35. The van der Waals surface area contributed by atoms with E-state index in [2.05, 4.69) is 5.32 Å². The highest BCUT2D eigenvalue weighted by Gasteiger charge is 2.52. The van der Waals surface area contributed by atoms with Crippen molar-refractivity contribution in [3.05, 3.63) is 65.7 Å². The number of thioether (sulfide) groups is 1. The molecule has 0 aliphatic carbocycles. The van der Waals surface area contributed by atoms with Crippen molar-refractivity contribution in [2.45, 2.75) is 44.9 Å². The van der Waals surface area contributed by atoms with E-state index in [0.29, 0.717) is 22.6 Å².